The predicted octanol–water partition coefficient (Wildman–Crippen LogP) is 1.71. The Morgan fingerprint density at radius 1 is 1.21 bits per heavy atom. The zero-order chi connectivity index (χ0) is 12.8. The van der Waals surface area contributed by atoms with Crippen molar-refractivity contribution in [1.82, 2.24) is 14.4 Å². The summed E-state index contributed by atoms with van der Waals surface area (Å²) in [6.45, 7) is 0.253. The fourth-order valence-electron chi connectivity index (χ4n) is 2.18. The molecule has 0 saturated carbocycles. The molecular weight excluding hydrogens is 244 g/mol. The first-order valence-corrected chi connectivity index (χ1v) is 5.80. The van der Waals surface area contributed by atoms with Gasteiger partial charge in [-0.05, 0) is 18.2 Å². The molecule has 6 nitrogen and oxygen atoms in total. The largest absolute Gasteiger partial charge is 0.454 e. The van der Waals surface area contributed by atoms with Crippen molar-refractivity contribution in [3.05, 3.63) is 36.8 Å². The van der Waals surface area contributed by atoms with Crippen LogP contribution in [0.25, 0.3) is 16.9 Å². The van der Waals surface area contributed by atoms with Crippen LogP contribution in [0.1, 0.15) is 0 Å². The molecule has 0 spiro atoms. The lowest BCUT2D eigenvalue weighted by Gasteiger charge is -2.01. The number of aromatic nitrogens is 3. The second kappa shape index (κ2) is 3.61. The fraction of sp³-hybridized carbons (Fsp3) is 0.0769. The van der Waals surface area contributed by atoms with Crippen LogP contribution in [0, 0.1) is 0 Å². The molecular formula is C13H10N4O2. The van der Waals surface area contributed by atoms with Gasteiger partial charge in [-0.15, -0.1) is 0 Å². The lowest BCUT2D eigenvalue weighted by atomic mass is 10.1. The lowest BCUT2D eigenvalue weighted by Crippen LogP contribution is -1.94. The molecule has 0 unspecified atom stereocenters. The number of nitrogen functional groups attached to an aromatic ring is 1. The van der Waals surface area contributed by atoms with Crippen LogP contribution in [-0.2, 0) is 0 Å². The molecule has 1 aliphatic rings. The van der Waals surface area contributed by atoms with E-state index in [1.165, 1.54) is 0 Å². The number of hydrogen-bond acceptors (Lipinski definition) is 5. The Balaban J connectivity index is 1.92. The molecule has 1 aliphatic heterocycles. The van der Waals surface area contributed by atoms with E-state index in [1.54, 1.807) is 23.0 Å². The first-order valence-electron chi connectivity index (χ1n) is 5.80. The quantitative estimate of drug-likeness (QED) is 0.715. The molecule has 4 rings (SSSR count). The smallest absolute Gasteiger partial charge is 0.231 e. The van der Waals surface area contributed by atoms with Crippen LogP contribution in [0.4, 0.5) is 5.82 Å². The van der Waals surface area contributed by atoms with Gasteiger partial charge >= 0.3 is 0 Å². The highest BCUT2D eigenvalue weighted by Gasteiger charge is 2.17. The van der Waals surface area contributed by atoms with Gasteiger partial charge in [0.1, 0.15) is 11.5 Å². The summed E-state index contributed by atoms with van der Waals surface area (Å²) in [6, 6.07) is 5.66. The van der Waals surface area contributed by atoms with Gasteiger partial charge in [0.15, 0.2) is 17.1 Å². The third-order valence-electron chi connectivity index (χ3n) is 3.11. The molecule has 1 aromatic carbocycles. The molecule has 3 heterocycles. The summed E-state index contributed by atoms with van der Waals surface area (Å²) in [4.78, 5) is 8.52. The molecule has 3 aromatic rings. The number of nitrogens with zero attached hydrogens (tertiary/aromatic N) is 3. The first kappa shape index (κ1) is 10.2. The molecule has 2 N–H and O–H groups in total. The van der Waals surface area contributed by atoms with Gasteiger partial charge in [0.05, 0.1) is 6.20 Å². The minimum absolute atomic E-state index is 0.253. The lowest BCUT2D eigenvalue weighted by molar-refractivity contribution is 0.174. The van der Waals surface area contributed by atoms with Gasteiger partial charge in [-0.25, -0.2) is 4.98 Å². The Morgan fingerprint density at radius 3 is 3.00 bits per heavy atom. The summed E-state index contributed by atoms with van der Waals surface area (Å²) in [6.07, 6.45) is 5.13. The van der Waals surface area contributed by atoms with Crippen LogP contribution in [0.3, 0.4) is 0 Å². The van der Waals surface area contributed by atoms with Crippen molar-refractivity contribution >= 4 is 11.5 Å². The normalized spacial score (nSPS) is 13.1. The highest BCUT2D eigenvalue weighted by atomic mass is 16.7. The number of ether oxygens (including phenoxy) is 2. The summed E-state index contributed by atoms with van der Waals surface area (Å²) in [7, 11) is 0. The Morgan fingerprint density at radius 2 is 2.11 bits per heavy atom. The highest BCUT2D eigenvalue weighted by Crippen LogP contribution is 2.37. The van der Waals surface area contributed by atoms with Crippen molar-refractivity contribution in [3.8, 4) is 22.8 Å². The number of anilines is 1. The maximum Gasteiger partial charge on any atom is 0.231 e. The summed E-state index contributed by atoms with van der Waals surface area (Å²) in [5.74, 6) is 2.04. The molecule has 0 saturated heterocycles. The first-order chi connectivity index (χ1) is 9.33. The van der Waals surface area contributed by atoms with E-state index in [4.69, 9.17) is 15.2 Å². The Bertz CT molecular complexity index is 781. The summed E-state index contributed by atoms with van der Waals surface area (Å²) < 4.78 is 12.5. The minimum Gasteiger partial charge on any atom is -0.454 e. The van der Waals surface area contributed by atoms with E-state index in [1.807, 2.05) is 18.2 Å². The van der Waals surface area contributed by atoms with E-state index in [9.17, 15) is 0 Å². The molecule has 0 radical (unpaired) electrons. The topological polar surface area (TPSA) is 74.7 Å². The Kier molecular flexibility index (Phi) is 1.94. The average Bonchev–Trinajstić information content (AvgIpc) is 3.03. The molecule has 0 amide bonds. The maximum absolute atomic E-state index is 6.12. The van der Waals surface area contributed by atoms with Crippen LogP contribution in [0.2, 0.25) is 0 Å². The third-order valence-corrected chi connectivity index (χ3v) is 3.11. The van der Waals surface area contributed by atoms with E-state index in [-0.39, 0.29) is 6.79 Å². The van der Waals surface area contributed by atoms with E-state index >= 15 is 0 Å². The standard InChI is InChI=1S/C13H10N4O2/c14-13-12(16-11-6-15-3-4-17(11)13)8-1-2-9-10(5-8)19-7-18-9/h1-6H,7,14H2. The highest BCUT2D eigenvalue weighted by molar-refractivity contribution is 5.76. The number of hydrogen-bond donors (Lipinski definition) is 1. The number of rotatable bonds is 1. The molecule has 19 heavy (non-hydrogen) atoms. The zero-order valence-corrected chi connectivity index (χ0v) is 9.91. The molecule has 2 aromatic heterocycles. The SMILES string of the molecule is Nc1c(-c2ccc3c(c2)OCO3)nc2cnccn12. The van der Waals surface area contributed by atoms with Gasteiger partial charge in [-0.1, -0.05) is 0 Å². The van der Waals surface area contributed by atoms with E-state index in [0.29, 0.717) is 22.9 Å². The molecule has 0 bridgehead atoms. The van der Waals surface area contributed by atoms with Gasteiger partial charge in [-0.3, -0.25) is 9.38 Å². The molecule has 94 valence electrons. The predicted molar refractivity (Wildman–Crippen MR) is 69.0 cm³/mol. The van der Waals surface area contributed by atoms with E-state index in [0.717, 1.165) is 11.3 Å². The Hall–Kier alpha value is -2.76. The molecule has 0 aliphatic carbocycles. The summed E-state index contributed by atoms with van der Waals surface area (Å²) in [5, 5.41) is 0. The number of fused-ring (bicyclic) bond motifs is 2. The van der Waals surface area contributed by atoms with E-state index in [2.05, 4.69) is 9.97 Å². The van der Waals surface area contributed by atoms with Crippen molar-refractivity contribution in [2.24, 2.45) is 0 Å². The third kappa shape index (κ3) is 1.43. The second-order valence-electron chi connectivity index (χ2n) is 4.22. The van der Waals surface area contributed by atoms with Gasteiger partial charge in [0.25, 0.3) is 0 Å². The van der Waals surface area contributed by atoms with Crippen molar-refractivity contribution in [3.63, 3.8) is 0 Å². The fourth-order valence-corrected chi connectivity index (χ4v) is 2.18. The minimum atomic E-state index is 0.253. The number of imidazole rings is 1. The number of benzene rings is 1. The second-order valence-corrected chi connectivity index (χ2v) is 4.22. The molecule has 6 heteroatoms. The van der Waals surface area contributed by atoms with Crippen molar-refractivity contribution in [1.29, 1.82) is 0 Å². The molecule has 0 fully saturated rings. The van der Waals surface area contributed by atoms with Crippen LogP contribution in [0.5, 0.6) is 11.5 Å². The Labute approximate surface area is 108 Å². The number of nitrogens with two attached hydrogens (primary N) is 1. The van der Waals surface area contributed by atoms with Crippen molar-refractivity contribution < 1.29 is 9.47 Å². The summed E-state index contributed by atoms with van der Waals surface area (Å²) in [5.41, 5.74) is 8.44. The van der Waals surface area contributed by atoms with Gasteiger partial charge in [-0.2, -0.15) is 0 Å². The zero-order valence-electron chi connectivity index (χ0n) is 9.91. The van der Waals surface area contributed by atoms with Gasteiger partial charge < -0.3 is 15.2 Å². The monoisotopic (exact) mass is 254 g/mol. The van der Waals surface area contributed by atoms with E-state index < -0.39 is 0 Å². The van der Waals surface area contributed by atoms with Gasteiger partial charge in [0.2, 0.25) is 6.79 Å². The van der Waals surface area contributed by atoms with Crippen LogP contribution < -0.4 is 15.2 Å². The van der Waals surface area contributed by atoms with Crippen LogP contribution >= 0.6 is 0 Å². The van der Waals surface area contributed by atoms with Crippen molar-refractivity contribution in [2.45, 2.75) is 0 Å². The maximum atomic E-state index is 6.12. The molecule has 0 atom stereocenters. The van der Waals surface area contributed by atoms with Crippen LogP contribution in [-0.4, -0.2) is 21.2 Å². The van der Waals surface area contributed by atoms with Crippen molar-refractivity contribution in [2.75, 3.05) is 12.5 Å². The van der Waals surface area contributed by atoms with Gasteiger partial charge in [0, 0.05) is 18.0 Å². The summed E-state index contributed by atoms with van der Waals surface area (Å²) >= 11 is 0. The average molecular weight is 254 g/mol. The van der Waals surface area contributed by atoms with Crippen LogP contribution in [0.15, 0.2) is 36.8 Å².